The Balaban J connectivity index is 1.76. The van der Waals surface area contributed by atoms with Crippen LogP contribution in [0.25, 0.3) is 11.1 Å². The highest BCUT2D eigenvalue weighted by atomic mass is 35.5. The van der Waals surface area contributed by atoms with E-state index < -0.39 is 0 Å². The molecule has 0 radical (unpaired) electrons. The van der Waals surface area contributed by atoms with Gasteiger partial charge >= 0.3 is 0 Å². The average Bonchev–Trinajstić information content (AvgIpc) is 3.01. The summed E-state index contributed by atoms with van der Waals surface area (Å²) in [6.07, 6.45) is 12.6. The number of benzene rings is 2. The summed E-state index contributed by atoms with van der Waals surface area (Å²) in [6.45, 7) is 7.42. The highest BCUT2D eigenvalue weighted by Crippen LogP contribution is 2.67. The molecule has 2 aromatic carbocycles. The molecule has 6 rings (SSSR count). The van der Waals surface area contributed by atoms with Gasteiger partial charge in [-0.3, -0.25) is 0 Å². The molecule has 1 heteroatoms. The van der Waals surface area contributed by atoms with Gasteiger partial charge in [0, 0.05) is 10.4 Å². The van der Waals surface area contributed by atoms with E-state index in [4.69, 9.17) is 11.6 Å². The zero-order chi connectivity index (χ0) is 20.7. The summed E-state index contributed by atoms with van der Waals surface area (Å²) in [4.78, 5) is 0. The molecule has 158 valence electrons. The maximum Gasteiger partial charge on any atom is 0.0412 e. The second kappa shape index (κ2) is 6.61. The minimum absolute atomic E-state index is 0.213. The Hall–Kier alpha value is -1.27. The van der Waals surface area contributed by atoms with Crippen molar-refractivity contribution < 1.29 is 0 Å². The van der Waals surface area contributed by atoms with Gasteiger partial charge in [0.2, 0.25) is 0 Å². The van der Waals surface area contributed by atoms with Crippen molar-refractivity contribution in [1.82, 2.24) is 0 Å². The molecular weight excluding hydrogens is 384 g/mol. The molecule has 0 N–H and O–H groups in total. The van der Waals surface area contributed by atoms with Gasteiger partial charge in [0.05, 0.1) is 0 Å². The Kier molecular flexibility index (Phi) is 4.28. The molecule has 0 nitrogen and oxygen atoms in total. The quantitative estimate of drug-likeness (QED) is 0.434. The number of fused-ring (bicyclic) bond motifs is 6. The first-order valence-electron chi connectivity index (χ1n) is 12.4. The molecule has 0 aliphatic heterocycles. The Morgan fingerprint density at radius 2 is 1.50 bits per heavy atom. The number of hydrogen-bond acceptors (Lipinski definition) is 0. The van der Waals surface area contributed by atoms with Gasteiger partial charge in [0.15, 0.2) is 0 Å². The normalized spacial score (nSPS) is 31.7. The molecule has 4 aliphatic carbocycles. The van der Waals surface area contributed by atoms with Gasteiger partial charge in [-0.2, -0.15) is 0 Å². The van der Waals surface area contributed by atoms with Crippen LogP contribution >= 0.6 is 11.6 Å². The Morgan fingerprint density at radius 1 is 0.767 bits per heavy atom. The zero-order valence-electron chi connectivity index (χ0n) is 18.9. The summed E-state index contributed by atoms with van der Waals surface area (Å²) < 4.78 is 0. The lowest BCUT2D eigenvalue weighted by molar-refractivity contribution is 0.107. The number of hydrogen-bond donors (Lipinski definition) is 0. The van der Waals surface area contributed by atoms with E-state index in [1.54, 1.807) is 16.7 Å². The molecule has 3 atom stereocenters. The topological polar surface area (TPSA) is 0 Å². The smallest absolute Gasteiger partial charge is 0.0412 e. The molecule has 0 heterocycles. The van der Waals surface area contributed by atoms with Crippen LogP contribution in [0.4, 0.5) is 0 Å². The van der Waals surface area contributed by atoms with Crippen molar-refractivity contribution in [3.8, 4) is 11.1 Å². The maximum atomic E-state index is 6.60. The molecule has 2 aromatic rings. The van der Waals surface area contributed by atoms with Crippen LogP contribution in [-0.4, -0.2) is 0 Å². The van der Waals surface area contributed by atoms with Gasteiger partial charge < -0.3 is 0 Å². The van der Waals surface area contributed by atoms with Crippen molar-refractivity contribution in [2.24, 2.45) is 17.8 Å². The molecule has 30 heavy (non-hydrogen) atoms. The molecule has 4 aliphatic rings. The molecule has 0 saturated heterocycles. The molecule has 0 spiro atoms. The van der Waals surface area contributed by atoms with Crippen molar-refractivity contribution in [3.63, 3.8) is 0 Å². The molecular formula is C29H35Cl. The lowest BCUT2D eigenvalue weighted by atomic mass is 9.54. The van der Waals surface area contributed by atoms with Crippen LogP contribution in [0.2, 0.25) is 5.02 Å². The number of halogens is 1. The third kappa shape index (κ3) is 2.41. The van der Waals surface area contributed by atoms with Gasteiger partial charge in [0.25, 0.3) is 0 Å². The molecule has 2 saturated carbocycles. The Labute approximate surface area is 187 Å². The van der Waals surface area contributed by atoms with Gasteiger partial charge in [0.1, 0.15) is 0 Å². The minimum atomic E-state index is 0.213. The van der Waals surface area contributed by atoms with Crippen molar-refractivity contribution >= 4 is 11.6 Å². The van der Waals surface area contributed by atoms with Gasteiger partial charge in [-0.15, -0.1) is 0 Å². The third-order valence-corrected chi connectivity index (χ3v) is 9.93. The highest BCUT2D eigenvalue weighted by molar-refractivity contribution is 6.31. The second-order valence-corrected chi connectivity index (χ2v) is 11.8. The van der Waals surface area contributed by atoms with Crippen molar-refractivity contribution in [1.29, 1.82) is 0 Å². The molecule has 3 unspecified atom stereocenters. The summed E-state index contributed by atoms with van der Waals surface area (Å²) in [5.74, 6) is 2.37. The first-order chi connectivity index (χ1) is 14.4. The van der Waals surface area contributed by atoms with Crippen LogP contribution < -0.4 is 0 Å². The van der Waals surface area contributed by atoms with Crippen molar-refractivity contribution in [2.45, 2.75) is 89.4 Å². The lowest BCUT2D eigenvalue weighted by Crippen LogP contribution is -2.44. The fourth-order valence-electron chi connectivity index (χ4n) is 8.41. The van der Waals surface area contributed by atoms with Crippen LogP contribution in [0.5, 0.6) is 0 Å². The van der Waals surface area contributed by atoms with Gasteiger partial charge in [-0.05, 0) is 102 Å². The number of aryl methyl sites for hydroxylation is 1. The first-order valence-corrected chi connectivity index (χ1v) is 12.8. The van der Waals surface area contributed by atoms with E-state index in [0.29, 0.717) is 0 Å². The first kappa shape index (κ1) is 19.4. The summed E-state index contributed by atoms with van der Waals surface area (Å²) in [5.41, 5.74) is 9.88. The van der Waals surface area contributed by atoms with Crippen LogP contribution in [0.15, 0.2) is 30.3 Å². The van der Waals surface area contributed by atoms with E-state index in [1.165, 1.54) is 74.5 Å². The van der Waals surface area contributed by atoms with E-state index in [0.717, 1.165) is 22.8 Å². The summed E-state index contributed by atoms with van der Waals surface area (Å²) in [5, 5.41) is 0.889. The Bertz CT molecular complexity index is 1010. The van der Waals surface area contributed by atoms with E-state index in [1.807, 2.05) is 0 Å². The van der Waals surface area contributed by atoms with Crippen LogP contribution in [0.1, 0.15) is 93.9 Å². The largest absolute Gasteiger partial charge is 0.0843 e. The van der Waals surface area contributed by atoms with Gasteiger partial charge in [-0.25, -0.2) is 0 Å². The van der Waals surface area contributed by atoms with Crippen LogP contribution in [0.3, 0.4) is 0 Å². The van der Waals surface area contributed by atoms with Crippen molar-refractivity contribution in [3.05, 3.63) is 57.6 Å². The SMILES string of the molecule is Cc1cc2c3c(c1)C(C)(C)C1CCCC(C1)C3(C1CCCCC1)c1ccc(Cl)cc1-2. The molecule has 0 aromatic heterocycles. The monoisotopic (exact) mass is 418 g/mol. The van der Waals surface area contributed by atoms with E-state index >= 15 is 0 Å². The lowest BCUT2D eigenvalue weighted by Gasteiger charge is -2.49. The summed E-state index contributed by atoms with van der Waals surface area (Å²) >= 11 is 6.60. The van der Waals surface area contributed by atoms with E-state index in [2.05, 4.69) is 51.1 Å². The van der Waals surface area contributed by atoms with Crippen LogP contribution in [0, 0.1) is 24.7 Å². The van der Waals surface area contributed by atoms with E-state index in [-0.39, 0.29) is 10.8 Å². The standard InChI is InChI=1S/C29H35Cl/c1-18-14-24-23-17-22(30)12-13-25(23)29(19-8-5-4-6-9-19)21-11-7-10-20(16-21)28(2,3)26(15-18)27(24)29/h12-15,17,19-21H,4-11,16H2,1-3H3. The number of rotatable bonds is 1. The summed E-state index contributed by atoms with van der Waals surface area (Å²) in [6, 6.07) is 12.0. The zero-order valence-corrected chi connectivity index (χ0v) is 19.6. The third-order valence-electron chi connectivity index (χ3n) is 9.70. The van der Waals surface area contributed by atoms with Crippen LogP contribution in [-0.2, 0) is 10.8 Å². The predicted molar refractivity (Wildman–Crippen MR) is 127 cm³/mol. The molecule has 2 bridgehead atoms. The average molecular weight is 419 g/mol. The van der Waals surface area contributed by atoms with Crippen molar-refractivity contribution in [2.75, 3.05) is 0 Å². The van der Waals surface area contributed by atoms with E-state index in [9.17, 15) is 0 Å². The maximum absolute atomic E-state index is 6.60. The molecule has 0 amide bonds. The van der Waals surface area contributed by atoms with Gasteiger partial charge in [-0.1, -0.05) is 74.9 Å². The molecule has 2 fully saturated rings. The minimum Gasteiger partial charge on any atom is -0.0843 e. The fraction of sp³-hybridized carbons (Fsp3) is 0.586. The predicted octanol–water partition coefficient (Wildman–Crippen LogP) is 8.59. The Morgan fingerprint density at radius 3 is 2.30 bits per heavy atom. The fourth-order valence-corrected chi connectivity index (χ4v) is 8.58. The second-order valence-electron chi connectivity index (χ2n) is 11.4. The summed E-state index contributed by atoms with van der Waals surface area (Å²) in [7, 11) is 0. The highest BCUT2D eigenvalue weighted by Gasteiger charge is 2.59.